The number of amides is 1. The van der Waals surface area contributed by atoms with Gasteiger partial charge in [-0.3, -0.25) is 4.79 Å². The maximum absolute atomic E-state index is 15.0. The summed E-state index contributed by atoms with van der Waals surface area (Å²) in [6.07, 6.45) is 4.05. The monoisotopic (exact) mass is 454 g/mol. The summed E-state index contributed by atoms with van der Waals surface area (Å²) in [5.74, 6) is 0.154. The fourth-order valence-corrected chi connectivity index (χ4v) is 5.58. The Hall–Kier alpha value is -2.27. The summed E-state index contributed by atoms with van der Waals surface area (Å²) in [6, 6.07) is 10.2. The van der Waals surface area contributed by atoms with Gasteiger partial charge >= 0.3 is 0 Å². The highest BCUT2D eigenvalue weighted by molar-refractivity contribution is 5.89. The van der Waals surface area contributed by atoms with E-state index in [1.165, 1.54) is 13.3 Å². The predicted octanol–water partition coefficient (Wildman–Crippen LogP) is 6.53. The number of fused-ring (bicyclic) bond motifs is 1. The Balaban J connectivity index is 1.37. The van der Waals surface area contributed by atoms with Gasteiger partial charge in [-0.1, -0.05) is 45.0 Å². The second-order valence-electron chi connectivity index (χ2n) is 11.3. The molecule has 1 N–H and O–H groups in total. The highest BCUT2D eigenvalue weighted by Crippen LogP contribution is 2.43. The Kier molecular flexibility index (Phi) is 6.90. The molecule has 1 aliphatic heterocycles. The van der Waals surface area contributed by atoms with E-state index < -0.39 is 11.6 Å². The van der Waals surface area contributed by atoms with Gasteiger partial charge < -0.3 is 10.2 Å². The zero-order valence-electron chi connectivity index (χ0n) is 20.3. The third-order valence-corrected chi connectivity index (χ3v) is 7.29. The molecule has 4 rings (SSSR count). The van der Waals surface area contributed by atoms with Crippen molar-refractivity contribution in [2.24, 2.45) is 23.2 Å². The number of carbonyl (C=O) groups is 1. The van der Waals surface area contributed by atoms with Gasteiger partial charge in [0.1, 0.15) is 0 Å². The molecule has 3 nitrogen and oxygen atoms in total. The van der Waals surface area contributed by atoms with Gasteiger partial charge in [0, 0.05) is 31.3 Å². The molecule has 3 atom stereocenters. The molecular formula is C28H36F2N2O. The second kappa shape index (κ2) is 9.54. The zero-order valence-corrected chi connectivity index (χ0v) is 20.3. The molecule has 2 aromatic rings. The van der Waals surface area contributed by atoms with Crippen molar-refractivity contribution in [1.82, 2.24) is 4.90 Å². The van der Waals surface area contributed by atoms with E-state index in [-0.39, 0.29) is 11.5 Å². The van der Waals surface area contributed by atoms with E-state index in [9.17, 15) is 13.6 Å². The standard InChI is InChI=1S/C28H36F2N2O/c1-18(33)31-24-8-5-20(6-9-24)25-10-7-21(26(29)27(25)30)13-19-14-22-16-32(17-23(22)15-19)12-11-28(2,3)4/h5-10,19,22-23H,11-17H2,1-4H3,(H,31,33)/t19?,22-,23+. The van der Waals surface area contributed by atoms with Gasteiger partial charge in [-0.2, -0.15) is 0 Å². The first-order valence-corrected chi connectivity index (χ1v) is 12.2. The van der Waals surface area contributed by atoms with Crippen molar-refractivity contribution in [3.8, 4) is 11.1 Å². The Bertz CT molecular complexity index is 982. The topological polar surface area (TPSA) is 32.3 Å². The van der Waals surface area contributed by atoms with Crippen LogP contribution in [-0.2, 0) is 11.2 Å². The molecule has 1 saturated carbocycles. The lowest BCUT2D eigenvalue weighted by atomic mass is 9.92. The molecule has 2 fully saturated rings. The first-order valence-electron chi connectivity index (χ1n) is 12.2. The van der Waals surface area contributed by atoms with E-state index in [2.05, 4.69) is 31.0 Å². The average molecular weight is 455 g/mol. The lowest BCUT2D eigenvalue weighted by Crippen LogP contribution is -2.26. The minimum absolute atomic E-state index is 0.169. The minimum Gasteiger partial charge on any atom is -0.326 e. The quantitative estimate of drug-likeness (QED) is 0.538. The van der Waals surface area contributed by atoms with Crippen LogP contribution in [0.4, 0.5) is 14.5 Å². The van der Waals surface area contributed by atoms with E-state index in [4.69, 9.17) is 0 Å². The number of carbonyl (C=O) groups excluding carboxylic acids is 1. The first kappa shape index (κ1) is 23.9. The molecule has 1 unspecified atom stereocenters. The SMILES string of the molecule is CC(=O)Nc1ccc(-c2ccc(CC3C[C@@H]4CN(CCC(C)(C)C)C[C@@H]4C3)c(F)c2F)cc1. The zero-order chi connectivity index (χ0) is 23.8. The average Bonchev–Trinajstić information content (AvgIpc) is 3.28. The summed E-state index contributed by atoms with van der Waals surface area (Å²) in [4.78, 5) is 13.8. The molecule has 0 radical (unpaired) electrons. The van der Waals surface area contributed by atoms with Crippen LogP contribution in [0.5, 0.6) is 0 Å². The molecule has 1 aliphatic carbocycles. The number of hydrogen-bond donors (Lipinski definition) is 1. The van der Waals surface area contributed by atoms with Gasteiger partial charge in [0.15, 0.2) is 11.6 Å². The highest BCUT2D eigenvalue weighted by Gasteiger charge is 2.40. The molecule has 0 aromatic heterocycles. The maximum atomic E-state index is 15.0. The van der Waals surface area contributed by atoms with Crippen LogP contribution in [0.25, 0.3) is 11.1 Å². The number of nitrogens with zero attached hydrogens (tertiary/aromatic N) is 1. The number of nitrogens with one attached hydrogen (secondary N) is 1. The van der Waals surface area contributed by atoms with Crippen molar-refractivity contribution in [2.75, 3.05) is 25.0 Å². The molecule has 0 bridgehead atoms. The first-order chi connectivity index (χ1) is 15.6. The molecule has 1 saturated heterocycles. The smallest absolute Gasteiger partial charge is 0.221 e. The van der Waals surface area contributed by atoms with Crippen LogP contribution in [0, 0.1) is 34.8 Å². The number of benzene rings is 2. The van der Waals surface area contributed by atoms with Crippen LogP contribution in [0.3, 0.4) is 0 Å². The lowest BCUT2D eigenvalue weighted by molar-refractivity contribution is -0.114. The fourth-order valence-electron chi connectivity index (χ4n) is 5.58. The van der Waals surface area contributed by atoms with Crippen LogP contribution >= 0.6 is 0 Å². The van der Waals surface area contributed by atoms with Crippen molar-refractivity contribution in [1.29, 1.82) is 0 Å². The van der Waals surface area contributed by atoms with Gasteiger partial charge in [0.25, 0.3) is 0 Å². The number of likely N-dealkylation sites (tertiary alicyclic amines) is 1. The number of rotatable bonds is 6. The Morgan fingerprint density at radius 1 is 1.00 bits per heavy atom. The van der Waals surface area contributed by atoms with Gasteiger partial charge in [0.2, 0.25) is 5.91 Å². The maximum Gasteiger partial charge on any atom is 0.221 e. The molecule has 1 heterocycles. The second-order valence-corrected chi connectivity index (χ2v) is 11.3. The van der Waals surface area contributed by atoms with Crippen molar-refractivity contribution in [2.45, 2.75) is 53.4 Å². The number of anilines is 1. The van der Waals surface area contributed by atoms with E-state index in [0.717, 1.165) is 32.5 Å². The number of halogens is 2. The fraction of sp³-hybridized carbons (Fsp3) is 0.536. The minimum atomic E-state index is -0.786. The predicted molar refractivity (Wildman–Crippen MR) is 130 cm³/mol. The van der Waals surface area contributed by atoms with Gasteiger partial charge in [0.05, 0.1) is 0 Å². The Morgan fingerprint density at radius 3 is 2.21 bits per heavy atom. The summed E-state index contributed by atoms with van der Waals surface area (Å²) in [7, 11) is 0. The molecule has 5 heteroatoms. The summed E-state index contributed by atoms with van der Waals surface area (Å²) >= 11 is 0. The van der Waals surface area contributed by atoms with E-state index in [0.29, 0.717) is 46.4 Å². The van der Waals surface area contributed by atoms with Gasteiger partial charge in [-0.05, 0) is 78.7 Å². The van der Waals surface area contributed by atoms with Gasteiger partial charge in [-0.25, -0.2) is 8.78 Å². The van der Waals surface area contributed by atoms with E-state index >= 15 is 0 Å². The third kappa shape index (κ3) is 5.81. The van der Waals surface area contributed by atoms with E-state index in [1.54, 1.807) is 36.4 Å². The Labute approximate surface area is 196 Å². The van der Waals surface area contributed by atoms with Crippen molar-refractivity contribution in [3.63, 3.8) is 0 Å². The highest BCUT2D eigenvalue weighted by atomic mass is 19.2. The van der Waals surface area contributed by atoms with Gasteiger partial charge in [-0.15, -0.1) is 0 Å². The molecule has 33 heavy (non-hydrogen) atoms. The van der Waals surface area contributed by atoms with Crippen LogP contribution in [0.2, 0.25) is 0 Å². The lowest BCUT2D eigenvalue weighted by Gasteiger charge is -2.24. The molecule has 2 aromatic carbocycles. The Morgan fingerprint density at radius 2 is 1.64 bits per heavy atom. The van der Waals surface area contributed by atoms with Crippen LogP contribution in [0.1, 0.15) is 52.5 Å². The normalized spacial score (nSPS) is 23.0. The summed E-state index contributed by atoms with van der Waals surface area (Å²) < 4.78 is 29.9. The molecule has 178 valence electrons. The third-order valence-electron chi connectivity index (χ3n) is 7.29. The number of hydrogen-bond acceptors (Lipinski definition) is 2. The van der Waals surface area contributed by atoms with E-state index in [1.807, 2.05) is 0 Å². The summed E-state index contributed by atoms with van der Waals surface area (Å²) in [5, 5.41) is 2.68. The largest absolute Gasteiger partial charge is 0.326 e. The summed E-state index contributed by atoms with van der Waals surface area (Å²) in [5.41, 5.74) is 2.33. The van der Waals surface area contributed by atoms with Crippen LogP contribution in [0.15, 0.2) is 36.4 Å². The molecule has 2 aliphatic rings. The summed E-state index contributed by atoms with van der Waals surface area (Å²) in [6.45, 7) is 11.8. The van der Waals surface area contributed by atoms with Crippen molar-refractivity contribution < 1.29 is 13.6 Å². The molecule has 1 amide bonds. The van der Waals surface area contributed by atoms with Crippen LogP contribution < -0.4 is 5.32 Å². The molecule has 0 spiro atoms. The van der Waals surface area contributed by atoms with Crippen molar-refractivity contribution in [3.05, 3.63) is 53.6 Å². The van der Waals surface area contributed by atoms with Crippen LogP contribution in [-0.4, -0.2) is 30.4 Å². The van der Waals surface area contributed by atoms with Crippen molar-refractivity contribution >= 4 is 11.6 Å². The molecular weight excluding hydrogens is 418 g/mol.